The second kappa shape index (κ2) is 11.2. The Morgan fingerprint density at radius 2 is 2.10 bits per heavy atom. The van der Waals surface area contributed by atoms with Gasteiger partial charge >= 0.3 is 0 Å². The zero-order valence-corrected chi connectivity index (χ0v) is 20.6. The monoisotopic (exact) mass is 532 g/mol. The van der Waals surface area contributed by atoms with Gasteiger partial charge < -0.3 is 24.5 Å². The van der Waals surface area contributed by atoms with Gasteiger partial charge in [-0.05, 0) is 25.0 Å². The molecule has 0 bridgehead atoms. The summed E-state index contributed by atoms with van der Waals surface area (Å²) in [5.74, 6) is 2.51. The first-order chi connectivity index (χ1) is 14.1. The molecule has 7 nitrogen and oxygen atoms in total. The Morgan fingerprint density at radius 1 is 1.27 bits per heavy atom. The predicted molar refractivity (Wildman–Crippen MR) is 129 cm³/mol. The Kier molecular flexibility index (Phi) is 8.85. The number of aliphatic imine (C=N–C) groups is 1. The minimum absolute atomic E-state index is 0. The summed E-state index contributed by atoms with van der Waals surface area (Å²) in [4.78, 5) is 7.36. The molecule has 2 aliphatic heterocycles. The Hall–Kier alpha value is -0.840. The van der Waals surface area contributed by atoms with Crippen molar-refractivity contribution in [3.63, 3.8) is 0 Å². The minimum atomic E-state index is 0. The van der Waals surface area contributed by atoms with E-state index >= 15 is 0 Å². The van der Waals surface area contributed by atoms with E-state index in [4.69, 9.17) is 18.9 Å². The summed E-state index contributed by atoms with van der Waals surface area (Å²) < 4.78 is 16.8. The molecule has 1 saturated carbocycles. The average Bonchev–Trinajstić information content (AvgIpc) is 3.40. The van der Waals surface area contributed by atoms with E-state index in [0.29, 0.717) is 18.1 Å². The highest BCUT2D eigenvalue weighted by Crippen LogP contribution is 2.52. The second-order valence-electron chi connectivity index (χ2n) is 8.98. The molecule has 30 heavy (non-hydrogen) atoms. The fraction of sp³-hybridized carbons (Fsp3) is 0.773. The lowest BCUT2D eigenvalue weighted by Gasteiger charge is -2.54. The summed E-state index contributed by atoms with van der Waals surface area (Å²) in [6.45, 7) is 12.0. The molecule has 0 amide bonds. The number of halogens is 1. The van der Waals surface area contributed by atoms with Crippen LogP contribution in [0.1, 0.15) is 32.4 Å². The lowest BCUT2D eigenvalue weighted by Crippen LogP contribution is -2.68. The number of nitrogens with zero attached hydrogens (tertiary/aromatic N) is 2. The van der Waals surface area contributed by atoms with Crippen LogP contribution in [0.5, 0.6) is 0 Å². The van der Waals surface area contributed by atoms with Crippen LogP contribution < -0.4 is 10.6 Å². The molecule has 3 atom stereocenters. The van der Waals surface area contributed by atoms with Crippen molar-refractivity contribution in [1.82, 2.24) is 15.5 Å². The topological polar surface area (TPSA) is 71.3 Å². The molecule has 0 spiro atoms. The third kappa shape index (κ3) is 5.69. The van der Waals surface area contributed by atoms with Gasteiger partial charge in [0.15, 0.2) is 5.96 Å². The molecule has 3 fully saturated rings. The van der Waals surface area contributed by atoms with Gasteiger partial charge in [-0.25, -0.2) is 0 Å². The smallest absolute Gasteiger partial charge is 0.191 e. The van der Waals surface area contributed by atoms with Gasteiger partial charge in [0.1, 0.15) is 5.76 Å². The van der Waals surface area contributed by atoms with Crippen molar-refractivity contribution in [1.29, 1.82) is 0 Å². The number of morpholine rings is 1. The summed E-state index contributed by atoms with van der Waals surface area (Å²) in [5.41, 5.74) is 0.137. The Balaban J connectivity index is 0.00000256. The first kappa shape index (κ1) is 23.8. The lowest BCUT2D eigenvalue weighted by molar-refractivity contribution is -0.106. The molecule has 1 aromatic heterocycles. The number of rotatable bonds is 8. The highest BCUT2D eigenvalue weighted by Gasteiger charge is 2.59. The van der Waals surface area contributed by atoms with Crippen molar-refractivity contribution in [3.05, 3.63) is 24.2 Å². The van der Waals surface area contributed by atoms with E-state index in [1.165, 1.54) is 0 Å². The van der Waals surface area contributed by atoms with Crippen LogP contribution in [0.4, 0.5) is 0 Å². The molecule has 3 unspecified atom stereocenters. The first-order valence-electron chi connectivity index (χ1n) is 11.1. The van der Waals surface area contributed by atoms with Gasteiger partial charge in [0.05, 0.1) is 25.6 Å². The molecule has 170 valence electrons. The van der Waals surface area contributed by atoms with Crippen LogP contribution in [0.25, 0.3) is 0 Å². The maximum Gasteiger partial charge on any atom is 0.191 e. The van der Waals surface area contributed by atoms with Crippen LogP contribution in [-0.4, -0.2) is 75.5 Å². The van der Waals surface area contributed by atoms with E-state index in [1.54, 1.807) is 6.26 Å². The van der Waals surface area contributed by atoms with Gasteiger partial charge in [0, 0.05) is 63.1 Å². The SMILES string of the molecule is CC1(C)C(NC(=NCCCN2CCOCC2)NCCc2ccco2)C2CCOC21.I. The molecular weight excluding hydrogens is 495 g/mol. The normalized spacial score (nSPS) is 28.3. The van der Waals surface area contributed by atoms with Crippen molar-refractivity contribution < 1.29 is 13.9 Å². The van der Waals surface area contributed by atoms with Crippen molar-refractivity contribution in [2.24, 2.45) is 16.3 Å². The Bertz CT molecular complexity index is 661. The molecule has 0 aromatic carbocycles. The van der Waals surface area contributed by atoms with Crippen LogP contribution in [-0.2, 0) is 15.9 Å². The number of guanidine groups is 1. The van der Waals surface area contributed by atoms with Crippen molar-refractivity contribution in [2.75, 3.05) is 52.5 Å². The molecule has 3 aliphatic rings. The zero-order chi connectivity index (χ0) is 20.1. The van der Waals surface area contributed by atoms with E-state index in [0.717, 1.165) is 83.5 Å². The Labute approximate surface area is 197 Å². The zero-order valence-electron chi connectivity index (χ0n) is 18.3. The van der Waals surface area contributed by atoms with E-state index in [1.807, 2.05) is 12.1 Å². The van der Waals surface area contributed by atoms with E-state index in [2.05, 4.69) is 29.4 Å². The number of furan rings is 1. The maximum atomic E-state index is 5.95. The van der Waals surface area contributed by atoms with Gasteiger partial charge in [0.25, 0.3) is 0 Å². The van der Waals surface area contributed by atoms with Crippen molar-refractivity contribution >= 4 is 29.9 Å². The minimum Gasteiger partial charge on any atom is -0.469 e. The van der Waals surface area contributed by atoms with Gasteiger partial charge in [-0.2, -0.15) is 0 Å². The standard InChI is InChI=1S/C22H36N4O3.HI/c1-22(2)19(18-7-14-29-20(18)22)25-21(24-9-6-17-5-3-13-28-17)23-8-4-10-26-11-15-27-16-12-26;/h3,5,13,18-20H,4,6-12,14-16H2,1-2H3,(H2,23,24,25);1H. The van der Waals surface area contributed by atoms with Crippen LogP contribution >= 0.6 is 24.0 Å². The number of hydrogen-bond acceptors (Lipinski definition) is 5. The summed E-state index contributed by atoms with van der Waals surface area (Å²) in [5, 5.41) is 7.25. The summed E-state index contributed by atoms with van der Waals surface area (Å²) >= 11 is 0. The van der Waals surface area contributed by atoms with E-state index < -0.39 is 0 Å². The molecule has 2 N–H and O–H groups in total. The van der Waals surface area contributed by atoms with Crippen LogP contribution in [0.15, 0.2) is 27.8 Å². The van der Waals surface area contributed by atoms with Gasteiger partial charge in [-0.15, -0.1) is 24.0 Å². The second-order valence-corrected chi connectivity index (χ2v) is 8.98. The average molecular weight is 532 g/mol. The van der Waals surface area contributed by atoms with Gasteiger partial charge in [0.2, 0.25) is 0 Å². The first-order valence-corrected chi connectivity index (χ1v) is 11.1. The molecule has 1 aliphatic carbocycles. The number of ether oxygens (including phenoxy) is 2. The fourth-order valence-electron chi connectivity index (χ4n) is 4.99. The largest absolute Gasteiger partial charge is 0.469 e. The highest BCUT2D eigenvalue weighted by atomic mass is 127. The molecule has 1 aromatic rings. The molecule has 2 saturated heterocycles. The highest BCUT2D eigenvalue weighted by molar-refractivity contribution is 14.0. The van der Waals surface area contributed by atoms with E-state index in [-0.39, 0.29) is 29.4 Å². The third-order valence-corrected chi connectivity index (χ3v) is 6.64. The van der Waals surface area contributed by atoms with Crippen LogP contribution in [0, 0.1) is 11.3 Å². The maximum absolute atomic E-state index is 5.95. The van der Waals surface area contributed by atoms with Crippen molar-refractivity contribution in [2.45, 2.75) is 45.3 Å². The molecule has 0 radical (unpaired) electrons. The summed E-state index contributed by atoms with van der Waals surface area (Å²) in [6, 6.07) is 4.36. The van der Waals surface area contributed by atoms with Crippen LogP contribution in [0.3, 0.4) is 0 Å². The van der Waals surface area contributed by atoms with Crippen LogP contribution in [0.2, 0.25) is 0 Å². The summed E-state index contributed by atoms with van der Waals surface area (Å²) in [7, 11) is 0. The molecule has 3 heterocycles. The van der Waals surface area contributed by atoms with Crippen molar-refractivity contribution in [3.8, 4) is 0 Å². The van der Waals surface area contributed by atoms with E-state index in [9.17, 15) is 0 Å². The quantitative estimate of drug-likeness (QED) is 0.232. The third-order valence-electron chi connectivity index (χ3n) is 6.64. The number of nitrogens with one attached hydrogen (secondary N) is 2. The predicted octanol–water partition coefficient (Wildman–Crippen LogP) is 2.51. The summed E-state index contributed by atoms with van der Waals surface area (Å²) in [6.07, 6.45) is 5.16. The number of hydrogen-bond donors (Lipinski definition) is 2. The molecular formula is C22H37IN4O3. The van der Waals surface area contributed by atoms with Gasteiger partial charge in [-0.1, -0.05) is 13.8 Å². The fourth-order valence-corrected chi connectivity index (χ4v) is 4.99. The molecule has 4 rings (SSSR count). The number of fused-ring (bicyclic) bond motifs is 1. The Morgan fingerprint density at radius 3 is 2.87 bits per heavy atom. The molecule has 8 heteroatoms. The lowest BCUT2D eigenvalue weighted by atomic mass is 9.57. The van der Waals surface area contributed by atoms with Gasteiger partial charge in [-0.3, -0.25) is 9.89 Å².